The minimum atomic E-state index is -0.620. The van der Waals surface area contributed by atoms with Gasteiger partial charge in [0.1, 0.15) is 28.7 Å². The molecule has 8 nitrogen and oxygen atoms in total. The summed E-state index contributed by atoms with van der Waals surface area (Å²) in [6, 6.07) is 18.6. The van der Waals surface area contributed by atoms with Gasteiger partial charge in [0.2, 0.25) is 11.6 Å². The fraction of sp³-hybridized carbons (Fsp3) is 0.273. The van der Waals surface area contributed by atoms with Crippen molar-refractivity contribution >= 4 is 16.9 Å². The van der Waals surface area contributed by atoms with Crippen LogP contribution in [0.3, 0.4) is 0 Å². The topological polar surface area (TPSA) is 117 Å². The molecular weight excluding hydrogens is 520 g/mol. The van der Waals surface area contributed by atoms with Crippen LogP contribution in [0.15, 0.2) is 70.5 Å². The molecule has 4 aromatic rings. The molecule has 210 valence electrons. The standard InChI is InChI=1S/C33H32N2O6/c1-5-7-14-38-27-13-9-21(16-29(27)37-6-2)30-23-11-10-22(17-28(23)41-32(35)25(30)18-34)39-33(36)31-20(4)24-15-19(3)8-12-26(24)40-31/h8-13,15-17,30H,5-7,14,35H2,1-4H3. The first-order chi connectivity index (χ1) is 19.8. The smallest absolute Gasteiger partial charge is 0.379 e. The number of carbonyl (C=O) groups excluding carboxylic acids is 1. The zero-order valence-electron chi connectivity index (χ0n) is 23.6. The van der Waals surface area contributed by atoms with Gasteiger partial charge in [0.05, 0.1) is 19.1 Å². The number of aryl methyl sites for hydroxylation is 2. The molecule has 41 heavy (non-hydrogen) atoms. The summed E-state index contributed by atoms with van der Waals surface area (Å²) in [6.07, 6.45) is 1.95. The van der Waals surface area contributed by atoms with Gasteiger partial charge < -0.3 is 29.1 Å². The molecule has 0 fully saturated rings. The van der Waals surface area contributed by atoms with E-state index < -0.39 is 11.9 Å². The predicted molar refractivity (Wildman–Crippen MR) is 154 cm³/mol. The third-order valence-corrected chi connectivity index (χ3v) is 7.03. The lowest BCUT2D eigenvalue weighted by atomic mass is 9.83. The zero-order valence-corrected chi connectivity index (χ0v) is 23.6. The van der Waals surface area contributed by atoms with Crippen LogP contribution in [0.2, 0.25) is 0 Å². The highest BCUT2D eigenvalue weighted by Crippen LogP contribution is 2.45. The van der Waals surface area contributed by atoms with Crippen molar-refractivity contribution in [3.63, 3.8) is 0 Å². The molecule has 5 rings (SSSR count). The van der Waals surface area contributed by atoms with E-state index in [9.17, 15) is 10.1 Å². The monoisotopic (exact) mass is 552 g/mol. The summed E-state index contributed by atoms with van der Waals surface area (Å²) in [6.45, 7) is 8.86. The van der Waals surface area contributed by atoms with E-state index in [4.69, 9.17) is 29.1 Å². The Morgan fingerprint density at radius 1 is 1.02 bits per heavy atom. The number of esters is 1. The van der Waals surface area contributed by atoms with Crippen molar-refractivity contribution in [2.75, 3.05) is 13.2 Å². The van der Waals surface area contributed by atoms with Gasteiger partial charge in [-0.25, -0.2) is 4.79 Å². The Kier molecular flexibility index (Phi) is 7.88. The van der Waals surface area contributed by atoms with E-state index in [1.54, 1.807) is 18.2 Å². The van der Waals surface area contributed by atoms with Crippen LogP contribution in [0.5, 0.6) is 23.0 Å². The first-order valence-corrected chi connectivity index (χ1v) is 13.7. The summed E-state index contributed by atoms with van der Waals surface area (Å²) in [5, 5.41) is 10.9. The van der Waals surface area contributed by atoms with E-state index in [0.717, 1.165) is 29.4 Å². The van der Waals surface area contributed by atoms with Crippen LogP contribution in [-0.2, 0) is 0 Å². The average molecular weight is 553 g/mol. The van der Waals surface area contributed by atoms with Crippen LogP contribution in [-0.4, -0.2) is 19.2 Å². The SMILES string of the molecule is CCCCOc1ccc(C2C(C#N)=C(N)Oc3cc(OC(=O)c4oc5ccc(C)cc5c4C)ccc32)cc1OCC. The number of rotatable bonds is 9. The van der Waals surface area contributed by atoms with Crippen molar-refractivity contribution in [1.29, 1.82) is 5.26 Å². The Morgan fingerprint density at radius 3 is 2.61 bits per heavy atom. The number of furan rings is 1. The molecule has 2 heterocycles. The van der Waals surface area contributed by atoms with E-state index >= 15 is 0 Å². The lowest BCUT2D eigenvalue weighted by molar-refractivity contribution is 0.0702. The zero-order chi connectivity index (χ0) is 29.1. The molecule has 0 saturated carbocycles. The third kappa shape index (κ3) is 5.44. The number of nitriles is 1. The Labute approximate surface area is 238 Å². The lowest BCUT2D eigenvalue weighted by Crippen LogP contribution is -2.21. The highest BCUT2D eigenvalue weighted by atomic mass is 16.5. The number of benzene rings is 3. The molecule has 1 unspecified atom stereocenters. The van der Waals surface area contributed by atoms with Crippen molar-refractivity contribution < 1.29 is 28.2 Å². The molecule has 0 spiro atoms. The van der Waals surface area contributed by atoms with E-state index in [1.165, 1.54) is 0 Å². The lowest BCUT2D eigenvalue weighted by Gasteiger charge is -2.27. The first-order valence-electron chi connectivity index (χ1n) is 13.7. The molecule has 2 N–H and O–H groups in total. The number of carbonyl (C=O) groups is 1. The third-order valence-electron chi connectivity index (χ3n) is 7.03. The Balaban J connectivity index is 1.47. The van der Waals surface area contributed by atoms with Gasteiger partial charge >= 0.3 is 5.97 Å². The van der Waals surface area contributed by atoms with Gasteiger partial charge in [-0.05, 0) is 63.1 Å². The molecule has 1 atom stereocenters. The van der Waals surface area contributed by atoms with Gasteiger partial charge in [0, 0.05) is 22.6 Å². The number of allylic oxidation sites excluding steroid dienone is 1. The maximum atomic E-state index is 13.1. The van der Waals surface area contributed by atoms with Gasteiger partial charge in [-0.1, -0.05) is 37.1 Å². The number of hydrogen-bond acceptors (Lipinski definition) is 8. The molecule has 1 aliphatic heterocycles. The highest BCUT2D eigenvalue weighted by Gasteiger charge is 2.32. The Hall–Kier alpha value is -4.90. The van der Waals surface area contributed by atoms with Gasteiger partial charge in [-0.2, -0.15) is 5.26 Å². The molecule has 0 bridgehead atoms. The molecule has 1 aliphatic rings. The molecule has 8 heteroatoms. The maximum Gasteiger partial charge on any atom is 0.379 e. The summed E-state index contributed by atoms with van der Waals surface area (Å²) in [4.78, 5) is 13.1. The summed E-state index contributed by atoms with van der Waals surface area (Å²) >= 11 is 0. The highest BCUT2D eigenvalue weighted by molar-refractivity contribution is 5.97. The van der Waals surface area contributed by atoms with Gasteiger partial charge in [0.15, 0.2) is 11.5 Å². The van der Waals surface area contributed by atoms with Crippen molar-refractivity contribution in [1.82, 2.24) is 0 Å². The molecule has 0 radical (unpaired) electrons. The number of hydrogen-bond donors (Lipinski definition) is 1. The van der Waals surface area contributed by atoms with Crippen LogP contribution >= 0.6 is 0 Å². The summed E-state index contributed by atoms with van der Waals surface area (Å²) < 4.78 is 29.1. The average Bonchev–Trinajstić information content (AvgIpc) is 3.28. The van der Waals surface area contributed by atoms with Crippen molar-refractivity contribution in [2.45, 2.75) is 46.5 Å². The summed E-state index contributed by atoms with van der Waals surface area (Å²) in [5.41, 5.74) is 10.4. The maximum absolute atomic E-state index is 13.1. The van der Waals surface area contributed by atoms with E-state index in [0.29, 0.717) is 47.2 Å². The van der Waals surface area contributed by atoms with Crippen LogP contribution in [0.4, 0.5) is 0 Å². The molecule has 0 saturated heterocycles. The fourth-order valence-corrected chi connectivity index (χ4v) is 4.94. The van der Waals surface area contributed by atoms with Gasteiger partial charge in [-0.15, -0.1) is 0 Å². The molecular formula is C33H32N2O6. The van der Waals surface area contributed by atoms with Gasteiger partial charge in [0.25, 0.3) is 0 Å². The van der Waals surface area contributed by atoms with Crippen LogP contribution in [0, 0.1) is 25.2 Å². The van der Waals surface area contributed by atoms with Crippen molar-refractivity contribution in [2.24, 2.45) is 5.73 Å². The largest absolute Gasteiger partial charge is 0.490 e. The summed E-state index contributed by atoms with van der Waals surface area (Å²) in [5.74, 6) is 0.859. The second-order valence-electron chi connectivity index (χ2n) is 9.91. The van der Waals surface area contributed by atoms with Crippen LogP contribution in [0.1, 0.15) is 65.4 Å². The second kappa shape index (κ2) is 11.7. The Morgan fingerprint density at radius 2 is 1.85 bits per heavy atom. The van der Waals surface area contributed by atoms with E-state index in [-0.39, 0.29) is 23.0 Å². The molecule has 0 aliphatic carbocycles. The molecule has 0 amide bonds. The molecule has 1 aromatic heterocycles. The minimum Gasteiger partial charge on any atom is -0.490 e. The number of nitrogens with zero attached hydrogens (tertiary/aromatic N) is 1. The number of nitrogens with two attached hydrogens (primary N) is 1. The Bertz CT molecular complexity index is 1690. The quantitative estimate of drug-likeness (QED) is 0.133. The van der Waals surface area contributed by atoms with Crippen LogP contribution in [0.25, 0.3) is 11.0 Å². The summed E-state index contributed by atoms with van der Waals surface area (Å²) in [7, 11) is 0. The van der Waals surface area contributed by atoms with E-state index in [2.05, 4.69) is 13.0 Å². The normalized spacial score (nSPS) is 14.3. The van der Waals surface area contributed by atoms with E-state index in [1.807, 2.05) is 57.2 Å². The van der Waals surface area contributed by atoms with Crippen LogP contribution < -0.4 is 24.7 Å². The number of ether oxygens (including phenoxy) is 4. The predicted octanol–water partition coefficient (Wildman–Crippen LogP) is 7.06. The minimum absolute atomic E-state index is 0.0155. The second-order valence-corrected chi connectivity index (χ2v) is 9.91. The number of unbranched alkanes of at least 4 members (excludes halogenated alkanes) is 1. The van der Waals surface area contributed by atoms with Gasteiger partial charge in [-0.3, -0.25) is 0 Å². The fourth-order valence-electron chi connectivity index (χ4n) is 4.94. The first kappa shape index (κ1) is 27.7. The van der Waals surface area contributed by atoms with Crippen molar-refractivity contribution in [3.8, 4) is 29.1 Å². The van der Waals surface area contributed by atoms with Crippen molar-refractivity contribution in [3.05, 3.63) is 94.1 Å². The molecule has 3 aromatic carbocycles. The number of fused-ring (bicyclic) bond motifs is 2.